The van der Waals surface area contributed by atoms with Crippen molar-refractivity contribution in [1.82, 2.24) is 15.0 Å². The maximum Gasteiger partial charge on any atom is 0.144 e. The number of hydrogen-bond donors (Lipinski definition) is 2. The van der Waals surface area contributed by atoms with Gasteiger partial charge in [-0.2, -0.15) is 5.26 Å². The molecule has 0 unspecified atom stereocenters. The molecule has 2 heterocycles. The molecule has 2 N–H and O–H groups in total. The molecule has 0 spiro atoms. The first-order valence-corrected chi connectivity index (χ1v) is 7.02. The fourth-order valence-electron chi connectivity index (χ4n) is 2.59. The maximum absolute atomic E-state index is 9.25. The van der Waals surface area contributed by atoms with E-state index in [1.807, 2.05) is 12.3 Å². The second-order valence-corrected chi connectivity index (χ2v) is 5.02. The zero-order valence-corrected chi connectivity index (χ0v) is 11.3. The molecular weight excluding hydrogens is 250 g/mol. The lowest BCUT2D eigenvalue weighted by molar-refractivity contribution is 0.668. The Morgan fingerprint density at radius 1 is 1.35 bits per heavy atom. The third-order valence-electron chi connectivity index (χ3n) is 3.63. The molecule has 20 heavy (non-hydrogen) atoms. The Bertz CT molecular complexity index is 624. The van der Waals surface area contributed by atoms with Gasteiger partial charge in [-0.05, 0) is 37.3 Å². The molecule has 1 aliphatic carbocycles. The number of nitrogens with zero attached hydrogens (tertiary/aromatic N) is 3. The largest absolute Gasteiger partial charge is 0.369 e. The normalized spacial score (nSPS) is 13.6. The van der Waals surface area contributed by atoms with Crippen molar-refractivity contribution >= 4 is 5.82 Å². The van der Waals surface area contributed by atoms with Gasteiger partial charge in [-0.25, -0.2) is 9.97 Å². The number of fused-ring (bicyclic) bond motifs is 1. The molecule has 2 aromatic rings. The Morgan fingerprint density at radius 2 is 2.25 bits per heavy atom. The highest BCUT2D eigenvalue weighted by Gasteiger charge is 2.14. The van der Waals surface area contributed by atoms with Gasteiger partial charge < -0.3 is 10.3 Å². The molecule has 5 nitrogen and oxygen atoms in total. The Balaban J connectivity index is 1.73. The lowest BCUT2D eigenvalue weighted by Gasteiger charge is -2.17. The van der Waals surface area contributed by atoms with E-state index < -0.39 is 0 Å². The maximum atomic E-state index is 9.25. The summed E-state index contributed by atoms with van der Waals surface area (Å²) in [5.41, 5.74) is 3.03. The van der Waals surface area contributed by atoms with Gasteiger partial charge in [-0.1, -0.05) is 0 Å². The molecule has 0 bridgehead atoms. The van der Waals surface area contributed by atoms with Crippen LogP contribution < -0.4 is 5.32 Å². The Kier molecular flexibility index (Phi) is 3.64. The monoisotopic (exact) mass is 267 g/mol. The molecule has 0 radical (unpaired) electrons. The van der Waals surface area contributed by atoms with E-state index >= 15 is 0 Å². The van der Waals surface area contributed by atoms with Crippen LogP contribution in [0.5, 0.6) is 0 Å². The number of aromatic amines is 1. The van der Waals surface area contributed by atoms with Crippen LogP contribution in [0.15, 0.2) is 18.5 Å². The summed E-state index contributed by atoms with van der Waals surface area (Å²) in [6.07, 6.45) is 8.80. The van der Waals surface area contributed by atoms with E-state index in [1.54, 1.807) is 6.20 Å². The first-order valence-electron chi connectivity index (χ1n) is 7.02. The zero-order chi connectivity index (χ0) is 13.8. The fraction of sp³-hybridized carbons (Fsp3) is 0.400. The second kappa shape index (κ2) is 5.74. The van der Waals surface area contributed by atoms with Gasteiger partial charge in [-0.3, -0.25) is 0 Å². The van der Waals surface area contributed by atoms with Crippen LogP contribution in [-0.4, -0.2) is 21.5 Å². The summed E-state index contributed by atoms with van der Waals surface area (Å²) in [4.78, 5) is 11.9. The van der Waals surface area contributed by atoms with Crippen LogP contribution in [-0.2, 0) is 19.3 Å². The van der Waals surface area contributed by atoms with Crippen LogP contribution in [0.1, 0.15) is 35.5 Å². The van der Waals surface area contributed by atoms with E-state index in [1.165, 1.54) is 18.4 Å². The minimum Gasteiger partial charge on any atom is -0.369 e. The van der Waals surface area contributed by atoms with Crippen molar-refractivity contribution in [3.8, 4) is 6.07 Å². The third kappa shape index (κ3) is 2.64. The van der Waals surface area contributed by atoms with Gasteiger partial charge in [0.1, 0.15) is 17.7 Å². The number of imidazole rings is 1. The smallest absolute Gasteiger partial charge is 0.144 e. The van der Waals surface area contributed by atoms with Crippen LogP contribution >= 0.6 is 0 Å². The Morgan fingerprint density at radius 3 is 3.05 bits per heavy atom. The van der Waals surface area contributed by atoms with Crippen molar-refractivity contribution in [2.75, 3.05) is 11.9 Å². The topological polar surface area (TPSA) is 77.4 Å². The Hall–Kier alpha value is -2.35. The molecule has 0 aliphatic heterocycles. The minimum absolute atomic E-state index is 0.644. The van der Waals surface area contributed by atoms with Gasteiger partial charge >= 0.3 is 0 Å². The molecule has 102 valence electrons. The van der Waals surface area contributed by atoms with Crippen LogP contribution in [0.25, 0.3) is 0 Å². The van der Waals surface area contributed by atoms with Crippen LogP contribution in [0.3, 0.4) is 0 Å². The minimum atomic E-state index is 0.644. The standard InChI is InChI=1S/C15H17N5/c16-10-12-9-11-3-1-2-4-13(11)20-15(12)19-6-5-14-17-7-8-18-14/h7-9H,1-6H2,(H,17,18)(H,19,20). The summed E-state index contributed by atoms with van der Waals surface area (Å²) in [7, 11) is 0. The average Bonchev–Trinajstić information content (AvgIpc) is 3.00. The molecule has 0 aromatic carbocycles. The number of pyridine rings is 1. The number of H-pyrrole nitrogens is 1. The summed E-state index contributed by atoms with van der Waals surface area (Å²) in [5, 5.41) is 12.5. The second-order valence-electron chi connectivity index (χ2n) is 5.02. The summed E-state index contributed by atoms with van der Waals surface area (Å²) in [6.45, 7) is 0.716. The van der Waals surface area contributed by atoms with Crippen LogP contribution in [0, 0.1) is 11.3 Å². The molecule has 0 saturated heterocycles. The molecule has 0 atom stereocenters. The highest BCUT2D eigenvalue weighted by molar-refractivity contribution is 5.54. The van der Waals surface area contributed by atoms with E-state index in [-0.39, 0.29) is 0 Å². The van der Waals surface area contributed by atoms with Gasteiger partial charge in [0.2, 0.25) is 0 Å². The lowest BCUT2D eigenvalue weighted by atomic mass is 9.95. The van der Waals surface area contributed by atoms with E-state index in [0.29, 0.717) is 17.9 Å². The van der Waals surface area contributed by atoms with E-state index in [9.17, 15) is 5.26 Å². The third-order valence-corrected chi connectivity index (χ3v) is 3.63. The van der Waals surface area contributed by atoms with Crippen LogP contribution in [0.2, 0.25) is 0 Å². The first kappa shape index (κ1) is 12.7. The predicted molar refractivity (Wildman–Crippen MR) is 76.4 cm³/mol. The molecular formula is C15H17N5. The summed E-state index contributed by atoms with van der Waals surface area (Å²) in [6, 6.07) is 4.24. The van der Waals surface area contributed by atoms with E-state index in [2.05, 4.69) is 26.3 Å². The molecule has 0 saturated carbocycles. The van der Waals surface area contributed by atoms with E-state index in [4.69, 9.17) is 0 Å². The van der Waals surface area contributed by atoms with Gasteiger partial charge in [0.05, 0.1) is 5.56 Å². The lowest BCUT2D eigenvalue weighted by Crippen LogP contribution is -2.13. The molecule has 2 aromatic heterocycles. The molecule has 3 rings (SSSR count). The Labute approximate surface area is 118 Å². The summed E-state index contributed by atoms with van der Waals surface area (Å²) in [5.74, 6) is 1.65. The number of anilines is 1. The quantitative estimate of drug-likeness (QED) is 0.890. The number of nitriles is 1. The van der Waals surface area contributed by atoms with Crippen LogP contribution in [0.4, 0.5) is 5.82 Å². The SMILES string of the molecule is N#Cc1cc2c(nc1NCCc1ncc[nH]1)CCCC2. The molecule has 5 heteroatoms. The highest BCUT2D eigenvalue weighted by atomic mass is 15.0. The number of aryl methyl sites for hydroxylation is 2. The van der Waals surface area contributed by atoms with Crippen molar-refractivity contribution in [2.45, 2.75) is 32.1 Å². The van der Waals surface area contributed by atoms with Gasteiger partial charge in [0, 0.05) is 31.1 Å². The fourth-order valence-corrected chi connectivity index (χ4v) is 2.59. The molecule has 0 amide bonds. The predicted octanol–water partition coefficient (Wildman–Crippen LogP) is 2.21. The van der Waals surface area contributed by atoms with Crippen molar-refractivity contribution < 1.29 is 0 Å². The van der Waals surface area contributed by atoms with Crippen molar-refractivity contribution in [3.05, 3.63) is 41.1 Å². The van der Waals surface area contributed by atoms with Crippen molar-refractivity contribution in [1.29, 1.82) is 5.26 Å². The van der Waals surface area contributed by atoms with Gasteiger partial charge in [-0.15, -0.1) is 0 Å². The van der Waals surface area contributed by atoms with Gasteiger partial charge in [0.15, 0.2) is 0 Å². The van der Waals surface area contributed by atoms with Crippen molar-refractivity contribution in [2.24, 2.45) is 0 Å². The molecule has 0 fully saturated rings. The number of hydrogen-bond acceptors (Lipinski definition) is 4. The molecule has 1 aliphatic rings. The zero-order valence-electron chi connectivity index (χ0n) is 11.3. The van der Waals surface area contributed by atoms with E-state index in [0.717, 1.165) is 30.8 Å². The summed E-state index contributed by atoms with van der Waals surface area (Å²) >= 11 is 0. The number of aromatic nitrogens is 3. The first-order chi connectivity index (χ1) is 9.86. The van der Waals surface area contributed by atoms with Gasteiger partial charge in [0.25, 0.3) is 0 Å². The summed E-state index contributed by atoms with van der Waals surface area (Å²) < 4.78 is 0. The van der Waals surface area contributed by atoms with Crippen molar-refractivity contribution in [3.63, 3.8) is 0 Å². The highest BCUT2D eigenvalue weighted by Crippen LogP contribution is 2.24. The average molecular weight is 267 g/mol. The number of rotatable bonds is 4. The number of nitrogens with one attached hydrogen (secondary N) is 2.